The summed E-state index contributed by atoms with van der Waals surface area (Å²) in [5.74, 6) is 1.15. The van der Waals surface area contributed by atoms with E-state index < -0.39 is 0 Å². The summed E-state index contributed by atoms with van der Waals surface area (Å²) < 4.78 is 0. The molecule has 1 N–H and O–H groups in total. The van der Waals surface area contributed by atoms with Crippen molar-refractivity contribution in [1.82, 2.24) is 20.1 Å². The highest BCUT2D eigenvalue weighted by Gasteiger charge is 2.49. The Morgan fingerprint density at radius 2 is 2.00 bits per heavy atom. The number of aromatic nitrogens is 1. The number of carbonyl (C=O) groups excluding carboxylic acids is 2. The van der Waals surface area contributed by atoms with Crippen LogP contribution in [-0.2, 0) is 4.79 Å². The second kappa shape index (κ2) is 8.66. The fourth-order valence-corrected chi connectivity index (χ4v) is 5.40. The van der Waals surface area contributed by atoms with E-state index in [9.17, 15) is 9.59 Å². The summed E-state index contributed by atoms with van der Waals surface area (Å²) in [5.41, 5.74) is 1.96. The van der Waals surface area contributed by atoms with Gasteiger partial charge in [0.2, 0.25) is 5.91 Å². The van der Waals surface area contributed by atoms with Crippen LogP contribution in [0, 0.1) is 11.8 Å². The Morgan fingerprint density at radius 3 is 2.76 bits per heavy atom. The van der Waals surface area contributed by atoms with Crippen molar-refractivity contribution in [2.24, 2.45) is 11.8 Å². The zero-order valence-corrected chi connectivity index (χ0v) is 17.5. The lowest BCUT2D eigenvalue weighted by Crippen LogP contribution is -2.67. The third-order valence-corrected chi connectivity index (χ3v) is 6.74. The Labute approximate surface area is 173 Å². The number of nitrogens with zero attached hydrogens (tertiary/aromatic N) is 3. The molecule has 4 heterocycles. The van der Waals surface area contributed by atoms with E-state index in [-0.39, 0.29) is 17.9 Å². The second-order valence-corrected chi connectivity index (χ2v) is 9.03. The van der Waals surface area contributed by atoms with Crippen LogP contribution in [0.25, 0.3) is 0 Å². The second-order valence-electron chi connectivity index (χ2n) is 9.03. The van der Waals surface area contributed by atoms with E-state index in [0.717, 1.165) is 38.9 Å². The van der Waals surface area contributed by atoms with Gasteiger partial charge in [0.25, 0.3) is 5.91 Å². The maximum Gasteiger partial charge on any atom is 0.251 e. The zero-order valence-electron chi connectivity index (χ0n) is 17.5. The van der Waals surface area contributed by atoms with Crippen LogP contribution in [0.4, 0.5) is 0 Å². The summed E-state index contributed by atoms with van der Waals surface area (Å²) in [7, 11) is 0. The highest BCUT2D eigenvalue weighted by Crippen LogP contribution is 2.41. The first-order valence-corrected chi connectivity index (χ1v) is 10.9. The lowest BCUT2D eigenvalue weighted by molar-refractivity contribution is -0.152. The molecule has 0 unspecified atom stereocenters. The van der Waals surface area contributed by atoms with Crippen LogP contribution in [0.5, 0.6) is 0 Å². The van der Waals surface area contributed by atoms with Crippen LogP contribution in [0.3, 0.4) is 0 Å². The molecule has 6 heteroatoms. The van der Waals surface area contributed by atoms with Crippen molar-refractivity contribution in [2.45, 2.75) is 51.6 Å². The molecular formula is C23H32N4O2. The average Bonchev–Trinajstić information content (AvgIpc) is 2.73. The molecule has 1 aromatic rings. The molecule has 29 heavy (non-hydrogen) atoms. The van der Waals surface area contributed by atoms with Gasteiger partial charge in [-0.2, -0.15) is 0 Å². The molecule has 0 spiro atoms. The van der Waals surface area contributed by atoms with Gasteiger partial charge in [0.1, 0.15) is 0 Å². The first-order valence-electron chi connectivity index (χ1n) is 10.9. The van der Waals surface area contributed by atoms with Gasteiger partial charge < -0.3 is 10.2 Å². The molecule has 2 amide bonds. The van der Waals surface area contributed by atoms with Gasteiger partial charge in [-0.15, -0.1) is 0 Å². The minimum absolute atomic E-state index is 0.0874. The number of amides is 2. The first kappa shape index (κ1) is 20.1. The minimum atomic E-state index is -0.0901. The van der Waals surface area contributed by atoms with Gasteiger partial charge in [0.15, 0.2) is 0 Å². The van der Waals surface area contributed by atoms with Crippen LogP contribution in [0.1, 0.15) is 49.9 Å². The number of fused-ring (bicyclic) bond motifs is 4. The van der Waals surface area contributed by atoms with Crippen molar-refractivity contribution in [3.63, 3.8) is 0 Å². The Kier molecular flexibility index (Phi) is 5.99. The number of allylic oxidation sites excluding steroid dienone is 1. The Bertz CT molecular complexity index is 774. The van der Waals surface area contributed by atoms with E-state index in [1.165, 1.54) is 5.57 Å². The number of piperidine rings is 3. The number of likely N-dealkylation sites (tertiary alicyclic amines) is 1. The Balaban J connectivity index is 1.50. The number of rotatable bonds is 5. The normalized spacial score (nSPS) is 29.2. The van der Waals surface area contributed by atoms with Crippen molar-refractivity contribution in [1.29, 1.82) is 0 Å². The highest BCUT2D eigenvalue weighted by molar-refractivity contribution is 5.94. The van der Waals surface area contributed by atoms with Crippen molar-refractivity contribution in [3.8, 4) is 0 Å². The van der Waals surface area contributed by atoms with E-state index in [1.807, 2.05) is 0 Å². The molecule has 0 saturated carbocycles. The van der Waals surface area contributed by atoms with Crippen LogP contribution in [0.15, 0.2) is 36.2 Å². The van der Waals surface area contributed by atoms with Gasteiger partial charge in [0, 0.05) is 56.6 Å². The third-order valence-electron chi connectivity index (χ3n) is 6.74. The van der Waals surface area contributed by atoms with E-state index in [4.69, 9.17) is 0 Å². The van der Waals surface area contributed by atoms with Gasteiger partial charge in [-0.3, -0.25) is 19.5 Å². The minimum Gasteiger partial charge on any atom is -0.350 e. The predicted molar refractivity (Wildman–Crippen MR) is 112 cm³/mol. The van der Waals surface area contributed by atoms with E-state index in [2.05, 4.69) is 40.0 Å². The SMILES string of the molecule is CC(C)=CCN1C[C@H]2C[C@@H](C1)[C@H](CNC(=O)c1ccncc1)N1C(=O)CCC[C@@H]21. The van der Waals surface area contributed by atoms with Gasteiger partial charge in [-0.25, -0.2) is 0 Å². The van der Waals surface area contributed by atoms with Gasteiger partial charge in [-0.1, -0.05) is 11.6 Å². The number of nitrogens with one attached hydrogen (secondary N) is 1. The molecule has 0 aliphatic carbocycles. The van der Waals surface area contributed by atoms with Crippen LogP contribution in [0.2, 0.25) is 0 Å². The van der Waals surface area contributed by atoms with Gasteiger partial charge in [-0.05, 0) is 57.1 Å². The molecule has 3 aliphatic rings. The number of hydrogen-bond acceptors (Lipinski definition) is 4. The topological polar surface area (TPSA) is 65.5 Å². The Morgan fingerprint density at radius 1 is 1.24 bits per heavy atom. The lowest BCUT2D eigenvalue weighted by atomic mass is 9.72. The predicted octanol–water partition coefficient (Wildman–Crippen LogP) is 2.48. The number of carbonyl (C=O) groups is 2. The molecule has 4 rings (SSSR count). The van der Waals surface area contributed by atoms with Crippen LogP contribution >= 0.6 is 0 Å². The maximum absolute atomic E-state index is 12.9. The molecule has 0 radical (unpaired) electrons. The van der Waals surface area contributed by atoms with E-state index in [1.54, 1.807) is 24.5 Å². The van der Waals surface area contributed by atoms with Crippen molar-refractivity contribution in [2.75, 3.05) is 26.2 Å². The molecule has 3 saturated heterocycles. The van der Waals surface area contributed by atoms with Crippen LogP contribution in [-0.4, -0.2) is 64.9 Å². The molecule has 2 bridgehead atoms. The average molecular weight is 397 g/mol. The maximum atomic E-state index is 12.9. The molecule has 1 aromatic heterocycles. The summed E-state index contributed by atoms with van der Waals surface area (Å²) in [6.07, 6.45) is 9.45. The van der Waals surface area contributed by atoms with E-state index in [0.29, 0.717) is 36.4 Å². The fourth-order valence-electron chi connectivity index (χ4n) is 5.40. The summed E-state index contributed by atoms with van der Waals surface area (Å²) in [5, 5.41) is 3.10. The number of pyridine rings is 1. The van der Waals surface area contributed by atoms with Crippen molar-refractivity contribution in [3.05, 3.63) is 41.7 Å². The molecular weight excluding hydrogens is 364 g/mol. The fraction of sp³-hybridized carbons (Fsp3) is 0.609. The zero-order chi connectivity index (χ0) is 20.4. The van der Waals surface area contributed by atoms with Crippen molar-refractivity contribution < 1.29 is 9.59 Å². The Hall–Kier alpha value is -2.21. The van der Waals surface area contributed by atoms with Gasteiger partial charge in [0.05, 0.1) is 6.04 Å². The summed E-state index contributed by atoms with van der Waals surface area (Å²) in [6, 6.07) is 3.86. The molecule has 6 nitrogen and oxygen atoms in total. The molecule has 156 valence electrons. The molecule has 0 aromatic carbocycles. The summed E-state index contributed by atoms with van der Waals surface area (Å²) in [6.45, 7) is 7.86. The quantitative estimate of drug-likeness (QED) is 0.777. The third kappa shape index (κ3) is 4.37. The smallest absolute Gasteiger partial charge is 0.251 e. The number of hydrogen-bond donors (Lipinski definition) is 1. The van der Waals surface area contributed by atoms with Crippen LogP contribution < -0.4 is 5.32 Å². The summed E-state index contributed by atoms with van der Waals surface area (Å²) in [4.78, 5) is 34.1. The lowest BCUT2D eigenvalue weighted by Gasteiger charge is -2.56. The first-order chi connectivity index (χ1) is 14.0. The summed E-state index contributed by atoms with van der Waals surface area (Å²) >= 11 is 0. The van der Waals surface area contributed by atoms with Crippen molar-refractivity contribution >= 4 is 11.8 Å². The largest absolute Gasteiger partial charge is 0.350 e. The monoisotopic (exact) mass is 396 g/mol. The molecule has 4 atom stereocenters. The van der Waals surface area contributed by atoms with Gasteiger partial charge >= 0.3 is 0 Å². The highest BCUT2D eigenvalue weighted by atomic mass is 16.2. The standard InChI is InChI=1S/C23H32N4O2/c1-16(2)8-11-26-14-18-12-19(15-26)21(27-20(18)4-3-5-22(27)28)13-25-23(29)17-6-9-24-10-7-17/h6-10,18-21H,3-5,11-15H2,1-2H3,(H,25,29)/t18-,19+,20+,21+/m1/s1. The molecule has 3 fully saturated rings. The van der Waals surface area contributed by atoms with E-state index >= 15 is 0 Å². The molecule has 3 aliphatic heterocycles.